The van der Waals surface area contributed by atoms with E-state index in [0.29, 0.717) is 6.42 Å². The van der Waals surface area contributed by atoms with Crippen molar-refractivity contribution in [3.63, 3.8) is 0 Å². The fraction of sp³-hybridized carbons (Fsp3) is 0.417. The predicted octanol–water partition coefficient (Wildman–Crippen LogP) is 2.04. The Labute approximate surface area is 104 Å². The number of nitro benzene ring substituents is 1. The first-order valence-corrected chi connectivity index (χ1v) is 5.58. The van der Waals surface area contributed by atoms with Gasteiger partial charge in [0.1, 0.15) is 0 Å². The molecule has 0 saturated heterocycles. The summed E-state index contributed by atoms with van der Waals surface area (Å²) in [5.74, 6) is -0.600. The van der Waals surface area contributed by atoms with Gasteiger partial charge in [-0.05, 0) is 25.5 Å². The molecule has 98 valence electrons. The van der Waals surface area contributed by atoms with Gasteiger partial charge in [0.05, 0.1) is 28.8 Å². The van der Waals surface area contributed by atoms with Crippen molar-refractivity contribution in [2.45, 2.75) is 33.0 Å². The monoisotopic (exact) mass is 253 g/mol. The lowest BCUT2D eigenvalue weighted by atomic mass is 10.1. The molecule has 0 spiro atoms. The van der Waals surface area contributed by atoms with E-state index < -0.39 is 17.5 Å². The molecule has 1 aromatic carbocycles. The average molecular weight is 253 g/mol. The molecule has 0 amide bonds. The maximum Gasteiger partial charge on any atom is 0.338 e. The Morgan fingerprint density at radius 1 is 1.56 bits per heavy atom. The summed E-state index contributed by atoms with van der Waals surface area (Å²) in [7, 11) is 0. The quantitative estimate of drug-likeness (QED) is 0.492. The molecule has 0 aliphatic rings. The molecule has 1 N–H and O–H groups in total. The second-order valence-electron chi connectivity index (χ2n) is 3.88. The van der Waals surface area contributed by atoms with E-state index in [-0.39, 0.29) is 22.9 Å². The topological polar surface area (TPSA) is 89.7 Å². The lowest BCUT2D eigenvalue weighted by Crippen LogP contribution is -2.14. The molecule has 0 aliphatic heterocycles. The standard InChI is InChI=1S/C12H15NO5/c1-3-8(2)18-12(15)9-4-5-10(7-14)11(6-9)13(16)17/h4-6,8,14H,3,7H2,1-2H3. The number of nitrogens with zero attached hydrogens (tertiary/aromatic N) is 1. The molecule has 0 bridgehead atoms. The molecular formula is C12H15NO5. The highest BCUT2D eigenvalue weighted by atomic mass is 16.6. The highest BCUT2D eigenvalue weighted by molar-refractivity contribution is 5.90. The van der Waals surface area contributed by atoms with Gasteiger partial charge in [0.15, 0.2) is 0 Å². The molecule has 1 aromatic rings. The molecule has 0 fully saturated rings. The number of esters is 1. The highest BCUT2D eigenvalue weighted by Gasteiger charge is 2.18. The van der Waals surface area contributed by atoms with E-state index in [1.807, 2.05) is 6.92 Å². The second kappa shape index (κ2) is 6.11. The third-order valence-electron chi connectivity index (χ3n) is 2.57. The summed E-state index contributed by atoms with van der Waals surface area (Å²) >= 11 is 0. The van der Waals surface area contributed by atoms with Crippen LogP contribution in [0.3, 0.4) is 0 Å². The summed E-state index contributed by atoms with van der Waals surface area (Å²) in [5.41, 5.74) is -0.00427. The number of carbonyl (C=O) groups excluding carboxylic acids is 1. The zero-order valence-corrected chi connectivity index (χ0v) is 10.3. The summed E-state index contributed by atoms with van der Waals surface area (Å²) in [5, 5.41) is 19.7. The summed E-state index contributed by atoms with van der Waals surface area (Å²) in [6.07, 6.45) is 0.428. The average Bonchev–Trinajstić information content (AvgIpc) is 2.37. The number of hydrogen-bond donors (Lipinski definition) is 1. The van der Waals surface area contributed by atoms with Gasteiger partial charge in [-0.1, -0.05) is 6.92 Å². The fourth-order valence-corrected chi connectivity index (χ4v) is 1.33. The lowest BCUT2D eigenvalue weighted by molar-refractivity contribution is -0.385. The normalized spacial score (nSPS) is 11.9. The van der Waals surface area contributed by atoms with Crippen LogP contribution in [0.25, 0.3) is 0 Å². The third kappa shape index (κ3) is 3.27. The summed E-state index contributed by atoms with van der Waals surface area (Å²) in [4.78, 5) is 21.8. The van der Waals surface area contributed by atoms with Crippen LogP contribution < -0.4 is 0 Å². The van der Waals surface area contributed by atoms with Gasteiger partial charge < -0.3 is 9.84 Å². The van der Waals surface area contributed by atoms with Crippen LogP contribution in [-0.4, -0.2) is 22.1 Å². The highest BCUT2D eigenvalue weighted by Crippen LogP contribution is 2.21. The van der Waals surface area contributed by atoms with Gasteiger partial charge in [0, 0.05) is 6.07 Å². The molecule has 0 aliphatic carbocycles. The first-order chi connectivity index (χ1) is 8.49. The van der Waals surface area contributed by atoms with Crippen molar-refractivity contribution in [1.29, 1.82) is 0 Å². The summed E-state index contributed by atoms with van der Waals surface area (Å²) in [6.45, 7) is 3.17. The minimum Gasteiger partial charge on any atom is -0.459 e. The van der Waals surface area contributed by atoms with E-state index in [4.69, 9.17) is 9.84 Å². The van der Waals surface area contributed by atoms with Gasteiger partial charge in [-0.15, -0.1) is 0 Å². The first-order valence-electron chi connectivity index (χ1n) is 5.58. The van der Waals surface area contributed by atoms with Crippen molar-refractivity contribution in [2.75, 3.05) is 0 Å². The van der Waals surface area contributed by atoms with E-state index in [1.165, 1.54) is 12.1 Å². The van der Waals surface area contributed by atoms with Crippen LogP contribution in [0.1, 0.15) is 36.2 Å². The zero-order chi connectivity index (χ0) is 13.7. The minimum atomic E-state index is -0.633. The van der Waals surface area contributed by atoms with E-state index in [9.17, 15) is 14.9 Å². The van der Waals surface area contributed by atoms with Crippen molar-refractivity contribution in [3.8, 4) is 0 Å². The Morgan fingerprint density at radius 3 is 2.72 bits per heavy atom. The molecular weight excluding hydrogens is 238 g/mol. The van der Waals surface area contributed by atoms with Crippen molar-refractivity contribution >= 4 is 11.7 Å². The van der Waals surface area contributed by atoms with Crippen LogP contribution in [0.2, 0.25) is 0 Å². The number of aliphatic hydroxyl groups is 1. The Kier molecular flexibility index (Phi) is 4.79. The van der Waals surface area contributed by atoms with Crippen molar-refractivity contribution in [2.24, 2.45) is 0 Å². The van der Waals surface area contributed by atoms with Gasteiger partial charge in [0.25, 0.3) is 5.69 Å². The van der Waals surface area contributed by atoms with Gasteiger partial charge >= 0.3 is 5.97 Å². The number of hydrogen-bond acceptors (Lipinski definition) is 5. The van der Waals surface area contributed by atoms with E-state index in [0.717, 1.165) is 6.07 Å². The van der Waals surface area contributed by atoms with Gasteiger partial charge in [-0.25, -0.2) is 4.79 Å². The molecule has 6 nitrogen and oxygen atoms in total. The van der Waals surface area contributed by atoms with E-state index >= 15 is 0 Å². The molecule has 1 unspecified atom stereocenters. The molecule has 0 heterocycles. The maximum atomic E-state index is 11.7. The maximum absolute atomic E-state index is 11.7. The van der Waals surface area contributed by atoms with Gasteiger partial charge in [-0.2, -0.15) is 0 Å². The molecule has 0 saturated carbocycles. The fourth-order valence-electron chi connectivity index (χ4n) is 1.33. The van der Waals surface area contributed by atoms with Crippen molar-refractivity contribution in [3.05, 3.63) is 39.4 Å². The summed E-state index contributed by atoms with van der Waals surface area (Å²) < 4.78 is 5.07. The SMILES string of the molecule is CCC(C)OC(=O)c1ccc(CO)c([N+](=O)[O-])c1. The largest absolute Gasteiger partial charge is 0.459 e. The molecule has 18 heavy (non-hydrogen) atoms. The van der Waals surface area contributed by atoms with Crippen LogP contribution in [0, 0.1) is 10.1 Å². The smallest absolute Gasteiger partial charge is 0.338 e. The van der Waals surface area contributed by atoms with Crippen LogP contribution in [0.15, 0.2) is 18.2 Å². The van der Waals surface area contributed by atoms with Crippen LogP contribution in [0.4, 0.5) is 5.69 Å². The van der Waals surface area contributed by atoms with E-state index in [1.54, 1.807) is 6.92 Å². The number of aliphatic hydroxyl groups excluding tert-OH is 1. The van der Waals surface area contributed by atoms with Crippen LogP contribution >= 0.6 is 0 Å². The molecule has 1 rings (SSSR count). The Bertz CT molecular complexity index is 458. The number of rotatable bonds is 5. The Balaban J connectivity index is 3.01. The Morgan fingerprint density at radius 2 is 2.22 bits per heavy atom. The molecule has 0 aromatic heterocycles. The third-order valence-corrected chi connectivity index (χ3v) is 2.57. The van der Waals surface area contributed by atoms with Gasteiger partial charge in [0.2, 0.25) is 0 Å². The van der Waals surface area contributed by atoms with Crippen LogP contribution in [0.5, 0.6) is 0 Å². The number of carbonyl (C=O) groups is 1. The molecule has 0 radical (unpaired) electrons. The first kappa shape index (κ1) is 14.1. The minimum absolute atomic E-state index is 0.110. The van der Waals surface area contributed by atoms with Crippen LogP contribution in [-0.2, 0) is 11.3 Å². The predicted molar refractivity (Wildman–Crippen MR) is 64.2 cm³/mol. The van der Waals surface area contributed by atoms with E-state index in [2.05, 4.69) is 0 Å². The number of benzene rings is 1. The number of ether oxygens (including phenoxy) is 1. The van der Waals surface area contributed by atoms with Gasteiger partial charge in [-0.3, -0.25) is 10.1 Å². The number of nitro groups is 1. The Hall–Kier alpha value is -1.95. The summed E-state index contributed by atoms with van der Waals surface area (Å²) in [6, 6.07) is 3.88. The lowest BCUT2D eigenvalue weighted by Gasteiger charge is -2.10. The molecule has 6 heteroatoms. The van der Waals surface area contributed by atoms with Crippen molar-refractivity contribution < 1.29 is 19.6 Å². The zero-order valence-electron chi connectivity index (χ0n) is 10.3. The second-order valence-corrected chi connectivity index (χ2v) is 3.88. The van der Waals surface area contributed by atoms with Crippen molar-refractivity contribution in [1.82, 2.24) is 0 Å². The molecule has 1 atom stereocenters.